The topological polar surface area (TPSA) is 79.8 Å². The average Bonchev–Trinajstić information content (AvgIpc) is 2.79. The van der Waals surface area contributed by atoms with Crippen molar-refractivity contribution < 1.29 is 14.3 Å². The third-order valence-corrected chi connectivity index (χ3v) is 5.03. The zero-order valence-electron chi connectivity index (χ0n) is 16.9. The number of hydrogen-bond donors (Lipinski definition) is 2. The fourth-order valence-corrected chi connectivity index (χ4v) is 3.45. The molecule has 2 amide bonds. The van der Waals surface area contributed by atoms with Gasteiger partial charge in [0.15, 0.2) is 0 Å². The van der Waals surface area contributed by atoms with Crippen LogP contribution in [0.2, 0.25) is 0 Å². The van der Waals surface area contributed by atoms with Crippen LogP contribution in [0.25, 0.3) is 0 Å². The standard InChI is InChI=1S/C24H22BrN3O3/c1-31-21-13-12-20(25)14-19(21)15-27-28-22(29)16-26-24(30)23(17-8-4-2-5-9-17)18-10-6-3-7-11-18/h2-15,23H,16H2,1H3,(H,26,30)(H,28,29). The van der Waals surface area contributed by atoms with Crippen molar-refractivity contribution in [3.8, 4) is 5.75 Å². The average molecular weight is 480 g/mol. The van der Waals surface area contributed by atoms with E-state index in [4.69, 9.17) is 4.74 Å². The number of carbonyl (C=O) groups is 2. The highest BCUT2D eigenvalue weighted by atomic mass is 79.9. The molecule has 31 heavy (non-hydrogen) atoms. The summed E-state index contributed by atoms with van der Waals surface area (Å²) in [6, 6.07) is 24.4. The first-order valence-corrected chi connectivity index (χ1v) is 10.4. The lowest BCUT2D eigenvalue weighted by Crippen LogP contribution is -2.37. The number of carbonyl (C=O) groups excluding carboxylic acids is 2. The lowest BCUT2D eigenvalue weighted by molar-refractivity contribution is -0.126. The third-order valence-electron chi connectivity index (χ3n) is 4.54. The Labute approximate surface area is 189 Å². The van der Waals surface area contributed by atoms with Crippen LogP contribution in [0.3, 0.4) is 0 Å². The molecule has 0 bridgehead atoms. The van der Waals surface area contributed by atoms with E-state index in [2.05, 4.69) is 31.8 Å². The first-order chi connectivity index (χ1) is 15.1. The Morgan fingerprint density at radius 1 is 1.00 bits per heavy atom. The molecule has 7 heteroatoms. The molecule has 3 aromatic rings. The predicted molar refractivity (Wildman–Crippen MR) is 124 cm³/mol. The van der Waals surface area contributed by atoms with E-state index in [1.807, 2.05) is 72.8 Å². The lowest BCUT2D eigenvalue weighted by Gasteiger charge is -2.17. The van der Waals surface area contributed by atoms with E-state index >= 15 is 0 Å². The van der Waals surface area contributed by atoms with E-state index in [1.165, 1.54) is 6.21 Å². The molecule has 0 saturated carbocycles. The molecule has 0 unspecified atom stereocenters. The smallest absolute Gasteiger partial charge is 0.259 e. The first kappa shape index (κ1) is 22.2. The second kappa shape index (κ2) is 11.1. The molecule has 0 radical (unpaired) electrons. The van der Waals surface area contributed by atoms with Crippen molar-refractivity contribution >= 4 is 34.0 Å². The molecule has 158 valence electrons. The van der Waals surface area contributed by atoms with Crippen LogP contribution >= 0.6 is 15.9 Å². The highest BCUT2D eigenvalue weighted by Crippen LogP contribution is 2.24. The van der Waals surface area contributed by atoms with E-state index in [9.17, 15) is 9.59 Å². The van der Waals surface area contributed by atoms with Crippen molar-refractivity contribution in [2.75, 3.05) is 13.7 Å². The summed E-state index contributed by atoms with van der Waals surface area (Å²) < 4.78 is 6.13. The molecule has 0 aliphatic carbocycles. The van der Waals surface area contributed by atoms with Gasteiger partial charge in [0.1, 0.15) is 5.75 Å². The Hall–Kier alpha value is -3.45. The van der Waals surface area contributed by atoms with Gasteiger partial charge in [-0.05, 0) is 29.3 Å². The summed E-state index contributed by atoms with van der Waals surface area (Å²) in [4.78, 5) is 25.1. The monoisotopic (exact) mass is 479 g/mol. The SMILES string of the molecule is COc1ccc(Br)cc1C=NNC(=O)CNC(=O)C(c1ccccc1)c1ccccc1. The summed E-state index contributed by atoms with van der Waals surface area (Å²) in [7, 11) is 1.56. The number of ether oxygens (including phenoxy) is 1. The maximum Gasteiger partial charge on any atom is 0.259 e. The quantitative estimate of drug-likeness (QED) is 0.380. The number of nitrogens with zero attached hydrogens (tertiary/aromatic N) is 1. The summed E-state index contributed by atoms with van der Waals surface area (Å²) in [5, 5.41) is 6.66. The zero-order valence-corrected chi connectivity index (χ0v) is 18.5. The van der Waals surface area contributed by atoms with Gasteiger partial charge in [0.2, 0.25) is 5.91 Å². The summed E-state index contributed by atoms with van der Waals surface area (Å²) in [6.45, 7) is -0.193. The van der Waals surface area contributed by atoms with Crippen molar-refractivity contribution in [2.24, 2.45) is 5.10 Å². The highest BCUT2D eigenvalue weighted by molar-refractivity contribution is 9.10. The Kier molecular flexibility index (Phi) is 7.95. The second-order valence-electron chi connectivity index (χ2n) is 6.65. The third kappa shape index (κ3) is 6.26. The predicted octanol–water partition coefficient (Wildman–Crippen LogP) is 3.86. The molecule has 0 aliphatic heterocycles. The van der Waals surface area contributed by atoms with Crippen molar-refractivity contribution in [3.05, 3.63) is 100 Å². The van der Waals surface area contributed by atoms with Crippen LogP contribution in [-0.4, -0.2) is 31.7 Å². The van der Waals surface area contributed by atoms with Crippen LogP contribution in [0.4, 0.5) is 0 Å². The lowest BCUT2D eigenvalue weighted by atomic mass is 9.90. The van der Waals surface area contributed by atoms with Crippen LogP contribution in [0, 0.1) is 0 Å². The van der Waals surface area contributed by atoms with Gasteiger partial charge in [-0.3, -0.25) is 9.59 Å². The van der Waals surface area contributed by atoms with Gasteiger partial charge in [0.05, 0.1) is 25.8 Å². The van der Waals surface area contributed by atoms with Crippen molar-refractivity contribution in [3.63, 3.8) is 0 Å². The molecule has 0 heterocycles. The van der Waals surface area contributed by atoms with Gasteiger partial charge in [-0.15, -0.1) is 0 Å². The summed E-state index contributed by atoms with van der Waals surface area (Å²) >= 11 is 3.39. The largest absolute Gasteiger partial charge is 0.496 e. The molecule has 2 N–H and O–H groups in total. The minimum absolute atomic E-state index is 0.193. The van der Waals surface area contributed by atoms with Crippen molar-refractivity contribution in [1.82, 2.24) is 10.7 Å². The normalized spacial score (nSPS) is 10.8. The zero-order chi connectivity index (χ0) is 22.1. The molecule has 3 rings (SSSR count). The highest BCUT2D eigenvalue weighted by Gasteiger charge is 2.22. The van der Waals surface area contributed by atoms with E-state index in [1.54, 1.807) is 13.2 Å². The van der Waals surface area contributed by atoms with Gasteiger partial charge in [0.25, 0.3) is 5.91 Å². The number of amides is 2. The minimum atomic E-state index is -0.510. The molecule has 0 saturated heterocycles. The molecule has 0 spiro atoms. The molecule has 3 aromatic carbocycles. The van der Waals surface area contributed by atoms with Gasteiger partial charge in [-0.25, -0.2) is 5.43 Å². The van der Waals surface area contributed by atoms with Crippen LogP contribution in [-0.2, 0) is 9.59 Å². The van der Waals surface area contributed by atoms with E-state index in [0.29, 0.717) is 11.3 Å². The second-order valence-corrected chi connectivity index (χ2v) is 7.57. The number of methoxy groups -OCH3 is 1. The molecule has 0 aromatic heterocycles. The fraction of sp³-hybridized carbons (Fsp3) is 0.125. The number of halogens is 1. The van der Waals surface area contributed by atoms with E-state index < -0.39 is 11.8 Å². The molecule has 0 aliphatic rings. The number of nitrogens with one attached hydrogen (secondary N) is 2. The summed E-state index contributed by atoms with van der Waals surface area (Å²) in [5.41, 5.74) is 4.83. The fourth-order valence-electron chi connectivity index (χ4n) is 3.08. The Morgan fingerprint density at radius 3 is 2.19 bits per heavy atom. The van der Waals surface area contributed by atoms with E-state index in [0.717, 1.165) is 15.6 Å². The number of rotatable bonds is 8. The maximum atomic E-state index is 12.9. The Morgan fingerprint density at radius 2 is 1.61 bits per heavy atom. The number of hydrazone groups is 1. The Balaban J connectivity index is 1.62. The van der Waals surface area contributed by atoms with E-state index in [-0.39, 0.29) is 12.5 Å². The number of hydrogen-bond acceptors (Lipinski definition) is 4. The molecule has 0 atom stereocenters. The van der Waals surface area contributed by atoms with Crippen LogP contribution in [0.15, 0.2) is 88.4 Å². The van der Waals surface area contributed by atoms with Crippen LogP contribution in [0.1, 0.15) is 22.6 Å². The summed E-state index contributed by atoms with van der Waals surface area (Å²) in [5.74, 6) is -0.573. The molecular weight excluding hydrogens is 458 g/mol. The summed E-state index contributed by atoms with van der Waals surface area (Å²) in [6.07, 6.45) is 1.49. The van der Waals surface area contributed by atoms with Gasteiger partial charge < -0.3 is 10.1 Å². The molecule has 6 nitrogen and oxygen atoms in total. The van der Waals surface area contributed by atoms with Crippen molar-refractivity contribution in [1.29, 1.82) is 0 Å². The van der Waals surface area contributed by atoms with Gasteiger partial charge >= 0.3 is 0 Å². The minimum Gasteiger partial charge on any atom is -0.496 e. The van der Waals surface area contributed by atoms with Gasteiger partial charge in [0, 0.05) is 10.0 Å². The van der Waals surface area contributed by atoms with Gasteiger partial charge in [-0.1, -0.05) is 76.6 Å². The first-order valence-electron chi connectivity index (χ1n) is 9.61. The number of benzene rings is 3. The maximum absolute atomic E-state index is 12.9. The molecular formula is C24H22BrN3O3. The van der Waals surface area contributed by atoms with Crippen LogP contribution < -0.4 is 15.5 Å². The van der Waals surface area contributed by atoms with Gasteiger partial charge in [-0.2, -0.15) is 5.10 Å². The molecule has 0 fully saturated rings. The van der Waals surface area contributed by atoms with Crippen LogP contribution in [0.5, 0.6) is 5.75 Å². The van der Waals surface area contributed by atoms with Crippen molar-refractivity contribution in [2.45, 2.75) is 5.92 Å². The Bertz CT molecular complexity index is 1020.